The van der Waals surface area contributed by atoms with E-state index in [1.165, 1.54) is 12.8 Å². The number of hydrogen-bond donors (Lipinski definition) is 2. The van der Waals surface area contributed by atoms with Crippen LogP contribution in [0.2, 0.25) is 0 Å². The highest BCUT2D eigenvalue weighted by atomic mass is 14.9. The van der Waals surface area contributed by atoms with Gasteiger partial charge < -0.3 is 11.1 Å². The fourth-order valence-corrected chi connectivity index (χ4v) is 1.89. The van der Waals surface area contributed by atoms with Crippen LogP contribution in [0.4, 0.5) is 11.4 Å². The number of nitrogens with one attached hydrogen (secondary N) is 1. The molecular formula is C14H21N3. The SMILES string of the molecule is CCCC(C)(C)CNc1ccc(C#N)cc1N. The Bertz CT molecular complexity index is 416. The molecular weight excluding hydrogens is 210 g/mol. The van der Waals surface area contributed by atoms with Crippen LogP contribution in [0.15, 0.2) is 18.2 Å². The molecule has 0 unspecified atom stereocenters. The summed E-state index contributed by atoms with van der Waals surface area (Å²) >= 11 is 0. The van der Waals surface area contributed by atoms with Gasteiger partial charge in [0.05, 0.1) is 23.0 Å². The highest BCUT2D eigenvalue weighted by molar-refractivity contribution is 5.68. The highest BCUT2D eigenvalue weighted by Gasteiger charge is 2.16. The van der Waals surface area contributed by atoms with Gasteiger partial charge in [-0.1, -0.05) is 27.2 Å². The van der Waals surface area contributed by atoms with Gasteiger partial charge in [0, 0.05) is 6.54 Å². The minimum absolute atomic E-state index is 0.259. The first-order chi connectivity index (χ1) is 7.98. The number of nitrogen functional groups attached to an aromatic ring is 1. The molecule has 1 aromatic carbocycles. The molecule has 0 aliphatic rings. The van der Waals surface area contributed by atoms with Crippen molar-refractivity contribution in [2.24, 2.45) is 5.41 Å². The molecule has 3 heteroatoms. The molecule has 0 fully saturated rings. The van der Waals surface area contributed by atoms with Gasteiger partial charge in [0.15, 0.2) is 0 Å². The smallest absolute Gasteiger partial charge is 0.0992 e. The lowest BCUT2D eigenvalue weighted by atomic mass is 9.88. The third-order valence-corrected chi connectivity index (χ3v) is 2.86. The third-order valence-electron chi connectivity index (χ3n) is 2.86. The number of benzene rings is 1. The summed E-state index contributed by atoms with van der Waals surface area (Å²) in [6.07, 6.45) is 2.35. The Hall–Kier alpha value is -1.69. The van der Waals surface area contributed by atoms with E-state index in [1.807, 2.05) is 6.07 Å². The quantitative estimate of drug-likeness (QED) is 0.764. The van der Waals surface area contributed by atoms with Crippen molar-refractivity contribution in [3.8, 4) is 6.07 Å². The van der Waals surface area contributed by atoms with E-state index in [4.69, 9.17) is 11.0 Å². The molecule has 0 radical (unpaired) electrons. The van der Waals surface area contributed by atoms with Gasteiger partial charge >= 0.3 is 0 Å². The summed E-state index contributed by atoms with van der Waals surface area (Å²) in [5, 5.41) is 12.1. The van der Waals surface area contributed by atoms with Crippen molar-refractivity contribution in [2.75, 3.05) is 17.6 Å². The minimum Gasteiger partial charge on any atom is -0.397 e. The van der Waals surface area contributed by atoms with Crippen LogP contribution in [0, 0.1) is 16.7 Å². The van der Waals surface area contributed by atoms with Crippen molar-refractivity contribution in [3.05, 3.63) is 23.8 Å². The standard InChI is InChI=1S/C14H21N3/c1-4-7-14(2,3)10-17-13-6-5-11(9-15)8-12(13)16/h5-6,8,17H,4,7,10,16H2,1-3H3. The predicted molar refractivity (Wildman–Crippen MR) is 72.7 cm³/mol. The molecule has 0 aromatic heterocycles. The summed E-state index contributed by atoms with van der Waals surface area (Å²) in [4.78, 5) is 0. The van der Waals surface area contributed by atoms with Gasteiger partial charge in [0.1, 0.15) is 0 Å². The van der Waals surface area contributed by atoms with E-state index in [1.54, 1.807) is 12.1 Å². The van der Waals surface area contributed by atoms with Crippen LogP contribution < -0.4 is 11.1 Å². The first kappa shape index (κ1) is 13.4. The molecule has 17 heavy (non-hydrogen) atoms. The van der Waals surface area contributed by atoms with E-state index in [0.29, 0.717) is 11.3 Å². The largest absolute Gasteiger partial charge is 0.397 e. The molecule has 0 spiro atoms. The van der Waals surface area contributed by atoms with Crippen LogP contribution >= 0.6 is 0 Å². The molecule has 0 amide bonds. The summed E-state index contributed by atoms with van der Waals surface area (Å²) in [6.45, 7) is 7.56. The van der Waals surface area contributed by atoms with Crippen LogP contribution in [0.5, 0.6) is 0 Å². The molecule has 0 saturated carbocycles. The van der Waals surface area contributed by atoms with Crippen LogP contribution in [-0.2, 0) is 0 Å². The zero-order valence-corrected chi connectivity index (χ0v) is 10.9. The van der Waals surface area contributed by atoms with E-state index >= 15 is 0 Å². The van der Waals surface area contributed by atoms with Gasteiger partial charge in [0.25, 0.3) is 0 Å². The number of nitrogens with zero attached hydrogens (tertiary/aromatic N) is 1. The van der Waals surface area contributed by atoms with E-state index in [2.05, 4.69) is 32.2 Å². The molecule has 0 atom stereocenters. The summed E-state index contributed by atoms with van der Waals surface area (Å²) in [7, 11) is 0. The summed E-state index contributed by atoms with van der Waals surface area (Å²) < 4.78 is 0. The van der Waals surface area contributed by atoms with E-state index in [-0.39, 0.29) is 5.41 Å². The summed E-state index contributed by atoms with van der Waals surface area (Å²) in [5.74, 6) is 0. The van der Waals surface area contributed by atoms with Gasteiger partial charge in [0.2, 0.25) is 0 Å². The minimum atomic E-state index is 0.259. The molecule has 1 rings (SSSR count). The lowest BCUT2D eigenvalue weighted by Gasteiger charge is -2.25. The van der Waals surface area contributed by atoms with E-state index in [0.717, 1.165) is 12.2 Å². The van der Waals surface area contributed by atoms with Crippen LogP contribution in [0.1, 0.15) is 39.2 Å². The average molecular weight is 231 g/mol. The van der Waals surface area contributed by atoms with Crippen molar-refractivity contribution in [2.45, 2.75) is 33.6 Å². The number of nitriles is 1. The maximum absolute atomic E-state index is 8.76. The van der Waals surface area contributed by atoms with Crippen molar-refractivity contribution in [1.82, 2.24) is 0 Å². The Balaban J connectivity index is 2.67. The molecule has 0 saturated heterocycles. The zero-order chi connectivity index (χ0) is 12.9. The van der Waals surface area contributed by atoms with Gasteiger partial charge in [-0.25, -0.2) is 0 Å². The fourth-order valence-electron chi connectivity index (χ4n) is 1.89. The van der Waals surface area contributed by atoms with Crippen molar-refractivity contribution in [3.63, 3.8) is 0 Å². The maximum atomic E-state index is 8.76. The molecule has 3 nitrogen and oxygen atoms in total. The molecule has 1 aromatic rings. The fraction of sp³-hybridized carbons (Fsp3) is 0.500. The Morgan fingerprint density at radius 3 is 2.65 bits per heavy atom. The average Bonchev–Trinajstić information content (AvgIpc) is 2.27. The van der Waals surface area contributed by atoms with Gasteiger partial charge in [-0.3, -0.25) is 0 Å². The highest BCUT2D eigenvalue weighted by Crippen LogP contribution is 2.25. The van der Waals surface area contributed by atoms with Gasteiger partial charge in [-0.2, -0.15) is 5.26 Å². The lowest BCUT2D eigenvalue weighted by molar-refractivity contribution is 0.355. The number of hydrogen-bond acceptors (Lipinski definition) is 3. The topological polar surface area (TPSA) is 61.8 Å². The van der Waals surface area contributed by atoms with E-state index < -0.39 is 0 Å². The first-order valence-electron chi connectivity index (χ1n) is 6.02. The molecule has 3 N–H and O–H groups in total. The zero-order valence-electron chi connectivity index (χ0n) is 10.9. The molecule has 92 valence electrons. The predicted octanol–water partition coefficient (Wildman–Crippen LogP) is 3.38. The second-order valence-electron chi connectivity index (χ2n) is 5.18. The second-order valence-corrected chi connectivity index (χ2v) is 5.18. The van der Waals surface area contributed by atoms with Crippen molar-refractivity contribution >= 4 is 11.4 Å². The Labute approximate surface area is 104 Å². The van der Waals surface area contributed by atoms with Crippen molar-refractivity contribution < 1.29 is 0 Å². The van der Waals surface area contributed by atoms with E-state index in [9.17, 15) is 0 Å². The maximum Gasteiger partial charge on any atom is 0.0992 e. The molecule has 0 heterocycles. The number of nitrogens with two attached hydrogens (primary N) is 1. The molecule has 0 bridgehead atoms. The first-order valence-corrected chi connectivity index (χ1v) is 6.02. The number of anilines is 2. The summed E-state index contributed by atoms with van der Waals surface area (Å²) in [5.41, 5.74) is 8.29. The Kier molecular flexibility index (Phi) is 4.39. The second kappa shape index (κ2) is 5.58. The lowest BCUT2D eigenvalue weighted by Crippen LogP contribution is -2.23. The van der Waals surface area contributed by atoms with Crippen LogP contribution in [-0.4, -0.2) is 6.54 Å². The Morgan fingerprint density at radius 1 is 1.41 bits per heavy atom. The normalized spacial score (nSPS) is 10.9. The van der Waals surface area contributed by atoms with Gasteiger partial charge in [-0.15, -0.1) is 0 Å². The third kappa shape index (κ3) is 3.99. The molecule has 0 aliphatic carbocycles. The van der Waals surface area contributed by atoms with Crippen LogP contribution in [0.25, 0.3) is 0 Å². The molecule has 0 aliphatic heterocycles. The van der Waals surface area contributed by atoms with Gasteiger partial charge in [-0.05, 0) is 30.0 Å². The monoisotopic (exact) mass is 231 g/mol. The van der Waals surface area contributed by atoms with Crippen molar-refractivity contribution in [1.29, 1.82) is 5.26 Å². The number of rotatable bonds is 5. The Morgan fingerprint density at radius 2 is 2.12 bits per heavy atom. The van der Waals surface area contributed by atoms with Crippen LogP contribution in [0.3, 0.4) is 0 Å². The summed E-state index contributed by atoms with van der Waals surface area (Å²) in [6, 6.07) is 7.44.